The third kappa shape index (κ3) is 4.44. The molecule has 1 atom stereocenters. The lowest BCUT2D eigenvalue weighted by molar-refractivity contribution is -0.135. The van der Waals surface area contributed by atoms with Crippen LogP contribution in [0.2, 0.25) is 0 Å². The van der Waals surface area contributed by atoms with Crippen molar-refractivity contribution in [3.8, 4) is 17.1 Å². The number of rotatable bonds is 5. The first kappa shape index (κ1) is 22.2. The van der Waals surface area contributed by atoms with Crippen LogP contribution < -0.4 is 5.56 Å². The molecule has 0 bridgehead atoms. The van der Waals surface area contributed by atoms with Crippen molar-refractivity contribution in [2.45, 2.75) is 56.8 Å². The molecule has 8 nitrogen and oxygen atoms in total. The van der Waals surface area contributed by atoms with Crippen LogP contribution >= 0.6 is 11.8 Å². The molecule has 1 fully saturated rings. The summed E-state index contributed by atoms with van der Waals surface area (Å²) in [6.07, 6.45) is 5.02. The van der Waals surface area contributed by atoms with Crippen LogP contribution in [0.5, 0.6) is 0 Å². The van der Waals surface area contributed by atoms with Gasteiger partial charge in [-0.1, -0.05) is 43.3 Å². The summed E-state index contributed by atoms with van der Waals surface area (Å²) < 4.78 is 9.30. The number of para-hydroxylation sites is 1. The summed E-state index contributed by atoms with van der Waals surface area (Å²) in [5.41, 5.74) is 2.21. The van der Waals surface area contributed by atoms with E-state index in [2.05, 4.69) is 16.6 Å². The molecule has 4 heterocycles. The minimum Gasteiger partial charge on any atom is -0.375 e. The van der Waals surface area contributed by atoms with Gasteiger partial charge in [-0.25, -0.2) is 4.98 Å². The Bertz CT molecular complexity index is 1160. The van der Waals surface area contributed by atoms with Crippen molar-refractivity contribution in [1.29, 1.82) is 0 Å². The SMILES string of the molecule is CCC1CN(C(=O)CSc2nc3nn(-c4ccccc4)c(=O)c-3c3n2CCCCC3)CCO1. The Morgan fingerprint density at radius 3 is 2.85 bits per heavy atom. The van der Waals surface area contributed by atoms with Crippen molar-refractivity contribution in [2.24, 2.45) is 0 Å². The van der Waals surface area contributed by atoms with Gasteiger partial charge in [0.1, 0.15) is 5.56 Å². The van der Waals surface area contributed by atoms with E-state index in [4.69, 9.17) is 9.72 Å². The van der Waals surface area contributed by atoms with Gasteiger partial charge in [-0.15, -0.1) is 5.10 Å². The molecule has 0 N–H and O–H groups in total. The van der Waals surface area contributed by atoms with Crippen LogP contribution in [0.15, 0.2) is 40.3 Å². The zero-order chi connectivity index (χ0) is 22.8. The fourth-order valence-corrected chi connectivity index (χ4v) is 5.56. The van der Waals surface area contributed by atoms with Crippen LogP contribution in [0.3, 0.4) is 0 Å². The van der Waals surface area contributed by atoms with E-state index in [9.17, 15) is 9.59 Å². The summed E-state index contributed by atoms with van der Waals surface area (Å²) in [5, 5.41) is 5.34. The highest BCUT2D eigenvalue weighted by molar-refractivity contribution is 7.99. The van der Waals surface area contributed by atoms with Crippen LogP contribution in [-0.2, 0) is 22.5 Å². The average molecular weight is 468 g/mol. The number of nitrogens with zero attached hydrogens (tertiary/aromatic N) is 5. The third-order valence-corrected chi connectivity index (χ3v) is 7.40. The van der Waals surface area contributed by atoms with Crippen molar-refractivity contribution in [3.05, 3.63) is 46.4 Å². The topological polar surface area (TPSA) is 82.3 Å². The quantitative estimate of drug-likeness (QED) is 0.424. The van der Waals surface area contributed by atoms with Crippen molar-refractivity contribution in [2.75, 3.05) is 25.4 Å². The summed E-state index contributed by atoms with van der Waals surface area (Å²) in [5.74, 6) is 0.883. The molecule has 0 saturated carbocycles. The van der Waals surface area contributed by atoms with E-state index in [0.717, 1.165) is 55.2 Å². The maximum Gasteiger partial charge on any atom is 0.284 e. The molecule has 9 heteroatoms. The second kappa shape index (κ2) is 9.69. The molecule has 1 saturated heterocycles. The number of benzene rings is 1. The number of carbonyl (C=O) groups excluding carboxylic acids is 1. The van der Waals surface area contributed by atoms with Crippen molar-refractivity contribution >= 4 is 17.7 Å². The van der Waals surface area contributed by atoms with Crippen molar-refractivity contribution in [1.82, 2.24) is 24.2 Å². The van der Waals surface area contributed by atoms with E-state index in [1.54, 1.807) is 0 Å². The van der Waals surface area contributed by atoms with Gasteiger partial charge in [-0.05, 0) is 37.8 Å². The Morgan fingerprint density at radius 1 is 1.18 bits per heavy atom. The molecule has 1 aromatic carbocycles. The minimum absolute atomic E-state index is 0.103. The summed E-state index contributed by atoms with van der Waals surface area (Å²) in [6, 6.07) is 9.45. The Hall–Kier alpha value is -2.65. The van der Waals surface area contributed by atoms with Gasteiger partial charge in [-0.3, -0.25) is 9.59 Å². The predicted molar refractivity (Wildman–Crippen MR) is 127 cm³/mol. The van der Waals surface area contributed by atoms with Gasteiger partial charge >= 0.3 is 0 Å². The predicted octanol–water partition coefficient (Wildman–Crippen LogP) is 2.99. The molecular formula is C24H29N5O3S. The zero-order valence-electron chi connectivity index (χ0n) is 18.9. The summed E-state index contributed by atoms with van der Waals surface area (Å²) >= 11 is 1.45. The van der Waals surface area contributed by atoms with Gasteiger partial charge in [-0.2, -0.15) is 4.68 Å². The van der Waals surface area contributed by atoms with Crippen LogP contribution in [0.1, 0.15) is 38.3 Å². The number of hydrogen-bond acceptors (Lipinski definition) is 6. The molecule has 33 heavy (non-hydrogen) atoms. The molecule has 0 radical (unpaired) electrons. The Labute approximate surface area is 197 Å². The number of amides is 1. The first-order valence-electron chi connectivity index (χ1n) is 11.8. The maximum atomic E-state index is 13.3. The highest BCUT2D eigenvalue weighted by atomic mass is 32.2. The minimum atomic E-state index is -0.124. The normalized spacial score (nSPS) is 18.8. The fraction of sp³-hybridized carbons (Fsp3) is 0.500. The molecule has 4 aliphatic heterocycles. The molecular weight excluding hydrogens is 438 g/mol. The van der Waals surface area contributed by atoms with Crippen LogP contribution in [0.25, 0.3) is 17.1 Å². The molecule has 1 unspecified atom stereocenters. The lowest BCUT2D eigenvalue weighted by Gasteiger charge is -2.32. The second-order valence-electron chi connectivity index (χ2n) is 8.58. The molecule has 0 aliphatic carbocycles. The monoisotopic (exact) mass is 467 g/mol. The smallest absolute Gasteiger partial charge is 0.284 e. The molecule has 0 aromatic heterocycles. The summed E-state index contributed by atoms with van der Waals surface area (Å²) in [6.45, 7) is 4.76. The van der Waals surface area contributed by atoms with E-state index < -0.39 is 0 Å². The van der Waals surface area contributed by atoms with E-state index in [-0.39, 0.29) is 17.6 Å². The number of morpholine rings is 1. The van der Waals surface area contributed by atoms with Gasteiger partial charge in [0.25, 0.3) is 5.56 Å². The lowest BCUT2D eigenvalue weighted by Crippen LogP contribution is -2.46. The van der Waals surface area contributed by atoms with E-state index in [0.29, 0.717) is 36.8 Å². The van der Waals surface area contributed by atoms with Crippen LogP contribution in [0, 0.1) is 0 Å². The summed E-state index contributed by atoms with van der Waals surface area (Å²) in [4.78, 5) is 32.9. The number of aromatic nitrogens is 4. The van der Waals surface area contributed by atoms with E-state index in [1.165, 1.54) is 16.4 Å². The molecule has 174 valence electrons. The first-order chi connectivity index (χ1) is 16.2. The zero-order valence-corrected chi connectivity index (χ0v) is 19.7. The van der Waals surface area contributed by atoms with E-state index >= 15 is 0 Å². The number of thioether (sulfide) groups is 1. The average Bonchev–Trinajstić information content (AvgIpc) is 3.02. The summed E-state index contributed by atoms with van der Waals surface area (Å²) in [7, 11) is 0. The van der Waals surface area contributed by atoms with Gasteiger partial charge in [0.15, 0.2) is 11.0 Å². The van der Waals surface area contributed by atoms with Crippen LogP contribution in [0.4, 0.5) is 0 Å². The highest BCUT2D eigenvalue weighted by Crippen LogP contribution is 2.30. The number of ether oxygens (including phenoxy) is 1. The largest absolute Gasteiger partial charge is 0.375 e. The van der Waals surface area contributed by atoms with Crippen LogP contribution in [-0.4, -0.2) is 61.7 Å². The first-order valence-corrected chi connectivity index (χ1v) is 12.7. The lowest BCUT2D eigenvalue weighted by atomic mass is 10.1. The van der Waals surface area contributed by atoms with Gasteiger partial charge in [0.2, 0.25) is 5.91 Å². The standard InChI is InChI=1S/C24H29N5O3S/c1-2-18-15-27(13-14-32-18)20(30)16-33-24-25-22-21(19-11-7-4-8-12-28(19)24)23(31)29(26-22)17-9-5-3-6-10-17/h3,5-6,9-10,18H,2,4,7-8,11-16H2,1H3. The molecule has 4 aliphatic rings. The number of hydrogen-bond donors (Lipinski definition) is 0. The number of carbonyl (C=O) groups is 1. The Balaban J connectivity index is 1.47. The van der Waals surface area contributed by atoms with Gasteiger partial charge in [0.05, 0.1) is 24.2 Å². The Kier molecular flexibility index (Phi) is 6.50. The maximum absolute atomic E-state index is 13.3. The number of fused-ring (bicyclic) bond motifs is 3. The molecule has 0 spiro atoms. The fourth-order valence-electron chi connectivity index (χ4n) is 4.62. The van der Waals surface area contributed by atoms with Crippen molar-refractivity contribution in [3.63, 3.8) is 0 Å². The van der Waals surface area contributed by atoms with Gasteiger partial charge < -0.3 is 14.2 Å². The Morgan fingerprint density at radius 2 is 2.03 bits per heavy atom. The second-order valence-corrected chi connectivity index (χ2v) is 9.53. The molecule has 1 aromatic rings. The third-order valence-electron chi connectivity index (χ3n) is 6.44. The molecule has 1 amide bonds. The van der Waals surface area contributed by atoms with Crippen molar-refractivity contribution < 1.29 is 9.53 Å². The highest BCUT2D eigenvalue weighted by Gasteiger charge is 2.28. The molecule has 5 rings (SSSR count). The van der Waals surface area contributed by atoms with E-state index in [1.807, 2.05) is 35.2 Å². The van der Waals surface area contributed by atoms with Gasteiger partial charge in [0, 0.05) is 25.3 Å².